The average Bonchev–Trinajstić information content (AvgIpc) is 3.11. The van der Waals surface area contributed by atoms with Gasteiger partial charge in [-0.2, -0.15) is 9.89 Å². The number of carboxylic acid groups (broad SMARTS) is 2. The zero-order chi connectivity index (χ0) is 36.3. The lowest BCUT2D eigenvalue weighted by Gasteiger charge is -2.12. The Hall–Kier alpha value is -6.96. The van der Waals surface area contributed by atoms with E-state index in [-0.39, 0.29) is 28.0 Å². The van der Waals surface area contributed by atoms with E-state index in [0.29, 0.717) is 60.6 Å². The Kier molecular flexibility index (Phi) is 15.2. The van der Waals surface area contributed by atoms with Crippen molar-refractivity contribution in [3.05, 3.63) is 94.2 Å². The van der Waals surface area contributed by atoms with Gasteiger partial charge in [-0.1, -0.05) is 0 Å². The van der Waals surface area contributed by atoms with Gasteiger partial charge in [-0.05, 0) is 48.5 Å². The molecule has 2 aromatic carbocycles. The molecule has 0 spiro atoms. The smallest absolute Gasteiger partial charge is 0.337 e. The van der Waals surface area contributed by atoms with Crippen molar-refractivity contribution < 1.29 is 38.9 Å². The molecule has 0 saturated carbocycles. The molecule has 12 N–H and O–H groups in total. The average molecular weight is 681 g/mol. The third-order valence-electron chi connectivity index (χ3n) is 6.02. The number of aldehydes is 2. The van der Waals surface area contributed by atoms with Gasteiger partial charge in [0, 0.05) is 32.6 Å². The number of hydrogen-bond donors (Lipinski definition) is 9. The number of anilines is 2. The van der Waals surface area contributed by atoms with E-state index in [4.69, 9.17) is 42.6 Å². The van der Waals surface area contributed by atoms with Crippen molar-refractivity contribution in [2.75, 3.05) is 49.3 Å². The van der Waals surface area contributed by atoms with Gasteiger partial charge in [0.05, 0.1) is 35.7 Å². The number of nitrogen functional groups attached to an aromatic ring is 2. The van der Waals surface area contributed by atoms with Crippen LogP contribution in [0.3, 0.4) is 0 Å². The molecule has 0 radical (unpaired) electrons. The number of hydrazine groups is 1. The molecule has 2 heterocycles. The molecule has 0 aliphatic carbocycles. The first-order valence-electron chi connectivity index (χ1n) is 14.0. The molecule has 0 bridgehead atoms. The molecule has 49 heavy (non-hydrogen) atoms. The van der Waals surface area contributed by atoms with E-state index in [1.807, 2.05) is 0 Å². The SMILES string of the molecule is CNc1cc(OCCCOc2ccc(C(=O)O)c(NC)c2)ccc1C(=O)O.N/N=c1/ccc(C=O)nn1N.N=c1ccc(C=O)nn1NN. The van der Waals surface area contributed by atoms with Crippen LogP contribution in [0.25, 0.3) is 0 Å². The van der Waals surface area contributed by atoms with Crippen molar-refractivity contribution in [1.82, 2.24) is 19.8 Å². The quantitative estimate of drug-likeness (QED) is 0.0382. The van der Waals surface area contributed by atoms with Crippen LogP contribution < -0.4 is 54.1 Å². The maximum atomic E-state index is 11.1. The third-order valence-corrected chi connectivity index (χ3v) is 6.02. The minimum absolute atomic E-state index is 0.0816. The molecule has 0 saturated heterocycles. The lowest BCUT2D eigenvalue weighted by Crippen LogP contribution is -2.35. The molecular weight excluding hydrogens is 644 g/mol. The summed E-state index contributed by atoms with van der Waals surface area (Å²) >= 11 is 0. The second-order valence-electron chi connectivity index (χ2n) is 9.19. The van der Waals surface area contributed by atoms with Crippen LogP contribution in [0.1, 0.15) is 48.1 Å². The summed E-state index contributed by atoms with van der Waals surface area (Å²) < 4.78 is 11.2. The number of carbonyl (C=O) groups is 4. The van der Waals surface area contributed by atoms with Gasteiger partial charge in [0.15, 0.2) is 23.5 Å². The fourth-order valence-electron chi connectivity index (χ4n) is 3.66. The predicted octanol–water partition coefficient (Wildman–Crippen LogP) is -0.210. The summed E-state index contributed by atoms with van der Waals surface area (Å²) in [6, 6.07) is 15.3. The number of benzene rings is 2. The molecule has 4 rings (SSSR count). The first kappa shape index (κ1) is 38.2. The number of carboxylic acids is 2. The minimum atomic E-state index is -1.01. The van der Waals surface area contributed by atoms with E-state index in [0.717, 1.165) is 9.58 Å². The third kappa shape index (κ3) is 11.7. The fraction of sp³-hybridized carbons (Fsp3) is 0.172. The molecule has 0 unspecified atom stereocenters. The summed E-state index contributed by atoms with van der Waals surface area (Å²) in [6.07, 6.45) is 1.77. The molecule has 0 amide bonds. The van der Waals surface area contributed by atoms with Crippen LogP contribution in [0.2, 0.25) is 0 Å². The van der Waals surface area contributed by atoms with Gasteiger partial charge >= 0.3 is 11.9 Å². The highest BCUT2D eigenvalue weighted by Gasteiger charge is 2.11. The largest absolute Gasteiger partial charge is 0.493 e. The molecule has 2 aromatic heterocycles. The van der Waals surface area contributed by atoms with Crippen molar-refractivity contribution in [3.63, 3.8) is 0 Å². The number of aromatic nitrogens is 4. The molecule has 0 fully saturated rings. The summed E-state index contributed by atoms with van der Waals surface area (Å²) in [5, 5.41) is 41.6. The van der Waals surface area contributed by atoms with Gasteiger partial charge in [0.2, 0.25) is 0 Å². The van der Waals surface area contributed by atoms with E-state index in [9.17, 15) is 19.2 Å². The van der Waals surface area contributed by atoms with Crippen LogP contribution in [0.4, 0.5) is 11.4 Å². The van der Waals surface area contributed by atoms with Crippen LogP contribution in [-0.4, -0.2) is 81.8 Å². The number of hydrogen-bond acceptors (Lipinski definition) is 16. The Labute approximate surface area is 278 Å². The summed E-state index contributed by atoms with van der Waals surface area (Å²) in [5.41, 5.74) is 4.29. The van der Waals surface area contributed by atoms with Gasteiger partial charge in [-0.25, -0.2) is 21.0 Å². The Balaban J connectivity index is 0.000000309. The second kappa shape index (κ2) is 19.5. The second-order valence-corrected chi connectivity index (χ2v) is 9.19. The predicted molar refractivity (Wildman–Crippen MR) is 176 cm³/mol. The molecule has 260 valence electrons. The van der Waals surface area contributed by atoms with Gasteiger partial charge in [-0.15, -0.1) is 15.0 Å². The molecule has 4 aromatic rings. The van der Waals surface area contributed by atoms with Gasteiger partial charge in [0.1, 0.15) is 22.9 Å². The first-order valence-corrected chi connectivity index (χ1v) is 14.0. The van der Waals surface area contributed by atoms with Crippen molar-refractivity contribution in [1.29, 1.82) is 5.41 Å². The zero-order valence-corrected chi connectivity index (χ0v) is 26.4. The number of carbonyl (C=O) groups excluding carboxylic acids is 2. The number of aromatic carboxylic acids is 2. The normalized spacial score (nSPS) is 10.2. The highest BCUT2D eigenvalue weighted by atomic mass is 16.5. The standard InChI is InChI=1S/C19H22N2O6.2C5H7N5O/c1-20-16-10-12(4-6-14(16)18(22)23)26-8-3-9-27-13-5-7-15(19(24)25)17(11-13)21-2;6-8-5-2-1-4(3-11)9-10(5)7;6-5-2-1-4(3-11)8-10(5)9-7/h4-7,10-11,20-21H,3,8-9H2,1-2H3,(H,22,23)(H,24,25);1-3H,6-7H2;1-3,6,9H,7H2/b;8-5-;. The topological polar surface area (TPSA) is 313 Å². The molecular formula is C29H36N12O8. The van der Waals surface area contributed by atoms with Gasteiger partial charge < -0.3 is 42.0 Å². The van der Waals surface area contributed by atoms with E-state index in [1.54, 1.807) is 38.4 Å². The Morgan fingerprint density at radius 1 is 0.857 bits per heavy atom. The van der Waals surface area contributed by atoms with Crippen LogP contribution in [0.15, 0.2) is 65.8 Å². The lowest BCUT2D eigenvalue weighted by molar-refractivity contribution is 0.0687. The maximum Gasteiger partial charge on any atom is 0.337 e. The zero-order valence-electron chi connectivity index (χ0n) is 26.4. The van der Waals surface area contributed by atoms with Crippen LogP contribution in [0, 0.1) is 5.41 Å². The Morgan fingerprint density at radius 2 is 1.35 bits per heavy atom. The highest BCUT2D eigenvalue weighted by Crippen LogP contribution is 2.24. The van der Waals surface area contributed by atoms with E-state index >= 15 is 0 Å². The van der Waals surface area contributed by atoms with E-state index in [1.165, 1.54) is 36.4 Å². The van der Waals surface area contributed by atoms with Crippen LogP contribution in [0.5, 0.6) is 11.5 Å². The maximum absolute atomic E-state index is 11.1. The number of rotatable bonds is 13. The molecule has 20 heteroatoms. The monoisotopic (exact) mass is 680 g/mol. The molecule has 0 atom stereocenters. The summed E-state index contributed by atoms with van der Waals surface area (Å²) in [6.45, 7) is 0.781. The minimum Gasteiger partial charge on any atom is -0.493 e. The number of nitrogens with two attached hydrogens (primary N) is 3. The van der Waals surface area contributed by atoms with Crippen molar-refractivity contribution in [2.45, 2.75) is 6.42 Å². The lowest BCUT2D eigenvalue weighted by atomic mass is 10.1. The Morgan fingerprint density at radius 3 is 1.76 bits per heavy atom. The summed E-state index contributed by atoms with van der Waals surface area (Å²) in [4.78, 5) is 44.5. The Bertz CT molecular complexity index is 1810. The first-order chi connectivity index (χ1) is 23.5. The molecule has 0 aliphatic heterocycles. The number of nitrogens with one attached hydrogen (secondary N) is 4. The summed E-state index contributed by atoms with van der Waals surface area (Å²) in [7, 11) is 3.29. The van der Waals surface area contributed by atoms with Crippen molar-refractivity contribution >= 4 is 35.9 Å². The van der Waals surface area contributed by atoms with Crippen molar-refractivity contribution in [3.8, 4) is 11.5 Å². The van der Waals surface area contributed by atoms with E-state index in [2.05, 4.69) is 31.5 Å². The molecule has 20 nitrogen and oxygen atoms in total. The number of nitrogens with zero attached hydrogens (tertiary/aromatic N) is 5. The van der Waals surface area contributed by atoms with Crippen LogP contribution in [-0.2, 0) is 0 Å². The highest BCUT2D eigenvalue weighted by molar-refractivity contribution is 5.95. The van der Waals surface area contributed by atoms with Crippen molar-refractivity contribution in [2.24, 2.45) is 16.8 Å². The van der Waals surface area contributed by atoms with Gasteiger partial charge in [0.25, 0.3) is 0 Å². The van der Waals surface area contributed by atoms with Crippen LogP contribution >= 0.6 is 0 Å². The number of ether oxygens (including phenoxy) is 2. The van der Waals surface area contributed by atoms with E-state index < -0.39 is 11.9 Å². The molecule has 0 aliphatic rings. The fourth-order valence-corrected chi connectivity index (χ4v) is 3.66. The summed E-state index contributed by atoms with van der Waals surface area (Å²) in [5.74, 6) is 14.3. The van der Waals surface area contributed by atoms with Gasteiger partial charge in [-0.3, -0.25) is 15.0 Å².